The predicted octanol–water partition coefficient (Wildman–Crippen LogP) is 4.38. The van der Waals surface area contributed by atoms with Gasteiger partial charge in [-0.1, -0.05) is 0 Å². The summed E-state index contributed by atoms with van der Waals surface area (Å²) >= 11 is 0. The Morgan fingerprint density at radius 1 is 1.11 bits per heavy atom. The Hall–Kier alpha value is -3.76. The number of rotatable bonds is 4. The van der Waals surface area contributed by atoms with Gasteiger partial charge in [-0.3, -0.25) is 4.79 Å². The first-order valence-electron chi connectivity index (χ1n) is 11.3. The summed E-state index contributed by atoms with van der Waals surface area (Å²) in [5, 5.41) is 5.39. The lowest BCUT2D eigenvalue weighted by Gasteiger charge is -2.34. The molecule has 1 aliphatic rings. The number of carbonyl (C=O) groups excluding carboxylic acids is 2. The van der Waals surface area contributed by atoms with Crippen molar-refractivity contribution in [3.05, 3.63) is 47.9 Å². The lowest BCUT2D eigenvalue weighted by Crippen LogP contribution is -2.42. The smallest absolute Gasteiger partial charge is 0.410 e. The molecule has 0 spiro atoms. The summed E-state index contributed by atoms with van der Waals surface area (Å²) in [7, 11) is 1.46. The van der Waals surface area contributed by atoms with Crippen LogP contribution in [-0.2, 0) is 4.74 Å². The van der Waals surface area contributed by atoms with Gasteiger partial charge < -0.3 is 24.8 Å². The van der Waals surface area contributed by atoms with Gasteiger partial charge in [-0.15, -0.1) is 0 Å². The highest BCUT2D eigenvalue weighted by Crippen LogP contribution is 2.33. The fourth-order valence-corrected chi connectivity index (χ4v) is 4.10. The van der Waals surface area contributed by atoms with Crippen molar-refractivity contribution < 1.29 is 23.1 Å². The number of nitrogens with one attached hydrogen (secondary N) is 2. The van der Waals surface area contributed by atoms with Gasteiger partial charge in [0.1, 0.15) is 29.2 Å². The first-order chi connectivity index (χ1) is 16.6. The molecule has 1 aliphatic heterocycles. The maximum absolute atomic E-state index is 15.1. The molecule has 9 nitrogen and oxygen atoms in total. The standard InChI is InChI=1S/C24H28F2N6O3/c1-24(2,3)35-23(34)31-9-7-15(8-10-31)32-12-17(26)19-20(28-13-29-21(19)32)30-18-6-5-14(11-16(18)25)22(33)27-4/h5-6,11-13,15H,7-10H2,1-4H3,(H,27,33)(H,28,29,30). The molecule has 2 amide bonds. The van der Waals surface area contributed by atoms with E-state index in [0.717, 1.165) is 6.07 Å². The van der Waals surface area contributed by atoms with Crippen molar-refractivity contribution in [2.24, 2.45) is 0 Å². The zero-order valence-corrected chi connectivity index (χ0v) is 20.1. The minimum atomic E-state index is -0.674. The maximum Gasteiger partial charge on any atom is 0.410 e. The number of benzene rings is 1. The second-order valence-electron chi connectivity index (χ2n) is 9.40. The van der Waals surface area contributed by atoms with Crippen molar-refractivity contribution in [3.63, 3.8) is 0 Å². The van der Waals surface area contributed by atoms with E-state index in [2.05, 4.69) is 20.6 Å². The average molecular weight is 487 g/mol. The third kappa shape index (κ3) is 5.18. The number of nitrogens with zero attached hydrogens (tertiary/aromatic N) is 4. The summed E-state index contributed by atoms with van der Waals surface area (Å²) in [5.74, 6) is -1.52. The Bertz CT molecular complexity index is 1260. The summed E-state index contributed by atoms with van der Waals surface area (Å²) in [5.41, 5.74) is 0.0166. The maximum atomic E-state index is 15.1. The van der Waals surface area contributed by atoms with Gasteiger partial charge in [-0.25, -0.2) is 23.5 Å². The van der Waals surface area contributed by atoms with E-state index < -0.39 is 23.1 Å². The highest BCUT2D eigenvalue weighted by atomic mass is 19.1. The van der Waals surface area contributed by atoms with Crippen molar-refractivity contribution >= 4 is 34.5 Å². The zero-order chi connectivity index (χ0) is 25.3. The predicted molar refractivity (Wildman–Crippen MR) is 127 cm³/mol. The minimum absolute atomic E-state index is 0.0514. The molecule has 2 N–H and O–H groups in total. The quantitative estimate of drug-likeness (QED) is 0.568. The second-order valence-corrected chi connectivity index (χ2v) is 9.40. The molecule has 0 radical (unpaired) electrons. The van der Waals surface area contributed by atoms with Gasteiger partial charge in [0.05, 0.1) is 11.1 Å². The molecule has 186 valence electrons. The van der Waals surface area contributed by atoms with Crippen LogP contribution in [0.4, 0.5) is 25.1 Å². The van der Waals surface area contributed by atoms with E-state index in [4.69, 9.17) is 4.74 Å². The molecule has 0 atom stereocenters. The molecule has 0 bridgehead atoms. The van der Waals surface area contributed by atoms with Crippen molar-refractivity contribution in [1.82, 2.24) is 24.8 Å². The number of carbonyl (C=O) groups is 2. The van der Waals surface area contributed by atoms with E-state index in [9.17, 15) is 14.0 Å². The molecule has 0 aliphatic carbocycles. The summed E-state index contributed by atoms with van der Waals surface area (Å²) in [6.45, 7) is 6.40. The van der Waals surface area contributed by atoms with Gasteiger partial charge in [0.2, 0.25) is 0 Å². The Morgan fingerprint density at radius 3 is 2.46 bits per heavy atom. The van der Waals surface area contributed by atoms with E-state index in [1.165, 1.54) is 31.7 Å². The summed E-state index contributed by atoms with van der Waals surface area (Å²) < 4.78 is 36.9. The van der Waals surface area contributed by atoms with Gasteiger partial charge in [-0.05, 0) is 51.8 Å². The molecular weight excluding hydrogens is 458 g/mol. The largest absolute Gasteiger partial charge is 0.444 e. The molecule has 1 fully saturated rings. The van der Waals surface area contributed by atoms with Crippen LogP contribution in [-0.4, -0.2) is 57.2 Å². The number of halogens is 2. The Balaban J connectivity index is 1.55. The fourth-order valence-electron chi connectivity index (χ4n) is 4.10. The van der Waals surface area contributed by atoms with Crippen molar-refractivity contribution in [1.29, 1.82) is 0 Å². The van der Waals surface area contributed by atoms with Gasteiger partial charge >= 0.3 is 6.09 Å². The molecule has 11 heteroatoms. The van der Waals surface area contributed by atoms with Crippen LogP contribution in [0, 0.1) is 11.6 Å². The summed E-state index contributed by atoms with van der Waals surface area (Å²) in [4.78, 5) is 34.1. The Kier molecular flexibility index (Phi) is 6.60. The van der Waals surface area contributed by atoms with Gasteiger partial charge in [0.25, 0.3) is 5.91 Å². The van der Waals surface area contributed by atoms with Crippen LogP contribution >= 0.6 is 0 Å². The number of likely N-dealkylation sites (tertiary alicyclic amines) is 1. The van der Waals surface area contributed by atoms with Crippen LogP contribution in [0.2, 0.25) is 0 Å². The molecule has 3 aromatic rings. The van der Waals surface area contributed by atoms with Gasteiger partial charge in [-0.2, -0.15) is 0 Å². The molecule has 1 aromatic carbocycles. The molecular formula is C24H28F2N6O3. The molecule has 3 heterocycles. The number of amides is 2. The number of hydrogen-bond donors (Lipinski definition) is 2. The lowest BCUT2D eigenvalue weighted by atomic mass is 10.1. The van der Waals surface area contributed by atoms with Crippen LogP contribution < -0.4 is 10.6 Å². The van der Waals surface area contributed by atoms with Crippen LogP contribution in [0.1, 0.15) is 50.0 Å². The zero-order valence-electron chi connectivity index (χ0n) is 20.1. The summed E-state index contributed by atoms with van der Waals surface area (Å²) in [6, 6.07) is 3.88. The van der Waals surface area contributed by atoms with Gasteiger partial charge in [0, 0.05) is 37.9 Å². The highest BCUT2D eigenvalue weighted by Gasteiger charge is 2.29. The van der Waals surface area contributed by atoms with Crippen molar-refractivity contribution in [3.8, 4) is 0 Å². The minimum Gasteiger partial charge on any atom is -0.444 e. The highest BCUT2D eigenvalue weighted by molar-refractivity contribution is 5.95. The topological polar surface area (TPSA) is 101 Å². The van der Waals surface area contributed by atoms with Crippen molar-refractivity contribution in [2.45, 2.75) is 45.3 Å². The average Bonchev–Trinajstić information content (AvgIpc) is 3.16. The first kappa shape index (κ1) is 24.4. The second kappa shape index (κ2) is 9.47. The first-order valence-corrected chi connectivity index (χ1v) is 11.3. The third-order valence-electron chi connectivity index (χ3n) is 5.78. The third-order valence-corrected chi connectivity index (χ3v) is 5.78. The molecule has 0 saturated carbocycles. The SMILES string of the molecule is CNC(=O)c1ccc(Nc2ncnc3c2c(F)cn3C2CCN(C(=O)OC(C)(C)C)CC2)c(F)c1. The molecule has 1 saturated heterocycles. The monoisotopic (exact) mass is 486 g/mol. The number of hydrogen-bond acceptors (Lipinski definition) is 6. The van der Waals surface area contributed by atoms with E-state index in [1.54, 1.807) is 9.47 Å². The normalized spacial score (nSPS) is 14.7. The van der Waals surface area contributed by atoms with Gasteiger partial charge in [0.15, 0.2) is 5.82 Å². The lowest BCUT2D eigenvalue weighted by molar-refractivity contribution is 0.0189. The van der Waals surface area contributed by atoms with E-state index >= 15 is 4.39 Å². The number of anilines is 2. The number of aromatic nitrogens is 3. The van der Waals surface area contributed by atoms with Crippen molar-refractivity contribution in [2.75, 3.05) is 25.5 Å². The molecule has 2 aromatic heterocycles. The number of ether oxygens (including phenoxy) is 1. The van der Waals surface area contributed by atoms with Crippen LogP contribution in [0.25, 0.3) is 11.0 Å². The molecule has 35 heavy (non-hydrogen) atoms. The number of fused-ring (bicyclic) bond motifs is 1. The Labute approximate surface area is 201 Å². The number of piperidine rings is 1. The summed E-state index contributed by atoms with van der Waals surface area (Å²) in [6.07, 6.45) is 3.49. The van der Waals surface area contributed by atoms with E-state index in [0.29, 0.717) is 31.6 Å². The van der Waals surface area contributed by atoms with Crippen LogP contribution in [0.3, 0.4) is 0 Å². The van der Waals surface area contributed by atoms with Crippen LogP contribution in [0.15, 0.2) is 30.7 Å². The van der Waals surface area contributed by atoms with Crippen LogP contribution in [0.5, 0.6) is 0 Å². The molecule has 4 rings (SSSR count). The van der Waals surface area contributed by atoms with E-state index in [-0.39, 0.29) is 34.6 Å². The Morgan fingerprint density at radius 2 is 1.83 bits per heavy atom. The molecule has 0 unspecified atom stereocenters. The van der Waals surface area contributed by atoms with E-state index in [1.807, 2.05) is 20.8 Å². The fraction of sp³-hybridized carbons (Fsp3) is 0.417.